The van der Waals surface area contributed by atoms with Crippen LogP contribution in [0.1, 0.15) is 31.9 Å². The third-order valence-electron chi connectivity index (χ3n) is 4.67. The van der Waals surface area contributed by atoms with E-state index in [1.165, 1.54) is 0 Å². The average Bonchev–Trinajstić information content (AvgIpc) is 3.09. The van der Waals surface area contributed by atoms with Crippen LogP contribution in [0.5, 0.6) is 5.75 Å². The minimum atomic E-state index is -1.07. The number of halogens is 1. The number of aliphatic imine (C=N–C) groups is 1. The molecule has 0 bridgehead atoms. The summed E-state index contributed by atoms with van der Waals surface area (Å²) < 4.78 is 12.7. The predicted octanol–water partition coefficient (Wildman–Crippen LogP) is 5.52. The number of benzene rings is 2. The number of hydrogen-bond acceptors (Lipinski definition) is 5. The minimum absolute atomic E-state index is 0.313. The Labute approximate surface area is 187 Å². The van der Waals surface area contributed by atoms with E-state index >= 15 is 0 Å². The number of ether oxygens (including phenoxy) is 2. The maximum absolute atomic E-state index is 12.1. The molecule has 162 valence electrons. The van der Waals surface area contributed by atoms with Gasteiger partial charge >= 0.3 is 5.97 Å². The Morgan fingerprint density at radius 3 is 2.55 bits per heavy atom. The van der Waals surface area contributed by atoms with Crippen LogP contribution in [-0.4, -0.2) is 34.2 Å². The third kappa shape index (κ3) is 5.52. The normalized spacial score (nSPS) is 11.7. The summed E-state index contributed by atoms with van der Waals surface area (Å²) in [6.07, 6.45) is 1.77. The fourth-order valence-electron chi connectivity index (χ4n) is 2.97. The lowest BCUT2D eigenvalue weighted by Gasteiger charge is -2.25. The zero-order valence-corrected chi connectivity index (χ0v) is 19.1. The Morgan fingerprint density at radius 2 is 1.90 bits per heavy atom. The molecular weight excluding hydrogens is 414 g/mol. The van der Waals surface area contributed by atoms with Crippen LogP contribution in [0.2, 0.25) is 5.02 Å². The molecule has 0 aliphatic carbocycles. The molecule has 0 unspecified atom stereocenters. The number of rotatable bonds is 7. The van der Waals surface area contributed by atoms with Crippen molar-refractivity contribution in [3.8, 4) is 17.0 Å². The largest absolute Gasteiger partial charge is 0.476 e. The van der Waals surface area contributed by atoms with E-state index in [1.54, 1.807) is 31.7 Å². The first kappa shape index (κ1) is 22.6. The van der Waals surface area contributed by atoms with Gasteiger partial charge in [0.05, 0.1) is 12.3 Å². The topological polar surface area (TPSA) is 65.7 Å². The average molecular weight is 440 g/mol. The molecule has 0 radical (unpaired) electrons. The third-order valence-corrected chi connectivity index (χ3v) is 4.92. The van der Waals surface area contributed by atoms with E-state index in [0.717, 1.165) is 28.2 Å². The van der Waals surface area contributed by atoms with Gasteiger partial charge in [0.1, 0.15) is 5.75 Å². The number of aromatic nitrogens is 2. The molecule has 2 aromatic carbocycles. The Balaban J connectivity index is 1.75. The Bertz CT molecular complexity index is 1100. The number of carbonyl (C=O) groups excluding carboxylic acids is 1. The second-order valence-electron chi connectivity index (χ2n) is 7.63. The van der Waals surface area contributed by atoms with Crippen LogP contribution in [0.4, 0.5) is 5.82 Å². The van der Waals surface area contributed by atoms with Crippen LogP contribution in [0, 0.1) is 6.92 Å². The van der Waals surface area contributed by atoms with E-state index in [0.29, 0.717) is 17.4 Å². The van der Waals surface area contributed by atoms with Crippen LogP contribution in [0.3, 0.4) is 0 Å². The molecule has 0 fully saturated rings. The summed E-state index contributed by atoms with van der Waals surface area (Å²) in [5, 5.41) is 5.21. The molecule has 0 saturated carbocycles. The number of carbonyl (C=O) groups is 1. The zero-order valence-electron chi connectivity index (χ0n) is 18.3. The molecule has 3 rings (SSSR count). The van der Waals surface area contributed by atoms with Gasteiger partial charge in [0.2, 0.25) is 0 Å². The molecule has 0 aliphatic heterocycles. The van der Waals surface area contributed by atoms with Crippen molar-refractivity contribution < 1.29 is 14.3 Å². The smallest absolute Gasteiger partial charge is 0.349 e. The van der Waals surface area contributed by atoms with Gasteiger partial charge in [0.15, 0.2) is 11.4 Å². The summed E-state index contributed by atoms with van der Waals surface area (Å²) in [5.41, 5.74) is 2.54. The summed E-state index contributed by atoms with van der Waals surface area (Å²) in [6.45, 7) is 7.40. The monoisotopic (exact) mass is 439 g/mol. The molecule has 0 N–H and O–H groups in total. The highest BCUT2D eigenvalue weighted by molar-refractivity contribution is 6.30. The summed E-state index contributed by atoms with van der Waals surface area (Å²) in [4.78, 5) is 16.6. The molecule has 31 heavy (non-hydrogen) atoms. The second-order valence-corrected chi connectivity index (χ2v) is 8.07. The van der Waals surface area contributed by atoms with Crippen LogP contribution in [0.25, 0.3) is 11.3 Å². The maximum Gasteiger partial charge on any atom is 0.349 e. The van der Waals surface area contributed by atoms with Crippen LogP contribution in [0.15, 0.2) is 53.5 Å². The predicted molar refractivity (Wildman–Crippen MR) is 123 cm³/mol. The standard InChI is InChI=1S/C24H26ClN3O3/c1-6-30-23(29)24(3,4)31-21-12-7-17(13-16(21)2)15-26-22-14-20(27-28(22)5)18-8-10-19(25)11-9-18/h7-15H,6H2,1-5H3/b26-15+. The molecule has 0 saturated heterocycles. The first-order chi connectivity index (χ1) is 14.7. The zero-order chi connectivity index (χ0) is 22.6. The number of esters is 1. The van der Waals surface area contributed by atoms with Crippen molar-refractivity contribution in [1.82, 2.24) is 9.78 Å². The van der Waals surface area contributed by atoms with E-state index in [-0.39, 0.29) is 0 Å². The lowest BCUT2D eigenvalue weighted by Crippen LogP contribution is -2.39. The molecule has 3 aromatic rings. The van der Waals surface area contributed by atoms with Gasteiger partial charge in [-0.1, -0.05) is 23.7 Å². The van der Waals surface area contributed by atoms with E-state index in [2.05, 4.69) is 10.1 Å². The molecule has 1 heterocycles. The Hall–Kier alpha value is -3.12. The second kappa shape index (κ2) is 9.35. The number of aryl methyl sites for hydroxylation is 2. The van der Waals surface area contributed by atoms with Crippen molar-refractivity contribution in [1.29, 1.82) is 0 Å². The number of hydrogen-bond donors (Lipinski definition) is 0. The quantitative estimate of drug-likeness (QED) is 0.359. The SMILES string of the molecule is CCOC(=O)C(C)(C)Oc1ccc(/C=N/c2cc(-c3ccc(Cl)cc3)nn2C)cc1C. The molecule has 0 aliphatic rings. The summed E-state index contributed by atoms with van der Waals surface area (Å²) >= 11 is 5.96. The summed E-state index contributed by atoms with van der Waals surface area (Å²) in [7, 11) is 1.85. The molecule has 0 spiro atoms. The van der Waals surface area contributed by atoms with Crippen molar-refractivity contribution in [2.75, 3.05) is 6.61 Å². The first-order valence-electron chi connectivity index (χ1n) is 10.0. The minimum Gasteiger partial charge on any atom is -0.476 e. The summed E-state index contributed by atoms with van der Waals surface area (Å²) in [5.74, 6) is 0.958. The van der Waals surface area contributed by atoms with Crippen LogP contribution < -0.4 is 4.74 Å². The molecular formula is C24H26ClN3O3. The van der Waals surface area contributed by atoms with Gasteiger partial charge in [-0.3, -0.25) is 4.68 Å². The Morgan fingerprint density at radius 1 is 1.19 bits per heavy atom. The number of nitrogens with zero attached hydrogens (tertiary/aromatic N) is 3. The highest BCUT2D eigenvalue weighted by Crippen LogP contribution is 2.26. The van der Waals surface area contributed by atoms with Crippen LogP contribution in [-0.2, 0) is 16.6 Å². The highest BCUT2D eigenvalue weighted by atomic mass is 35.5. The van der Waals surface area contributed by atoms with Gasteiger partial charge in [-0.15, -0.1) is 0 Å². The van der Waals surface area contributed by atoms with Crippen molar-refractivity contribution in [3.05, 3.63) is 64.7 Å². The van der Waals surface area contributed by atoms with Gasteiger partial charge in [-0.2, -0.15) is 5.10 Å². The van der Waals surface area contributed by atoms with Gasteiger partial charge in [0.25, 0.3) is 0 Å². The maximum atomic E-state index is 12.1. The van der Waals surface area contributed by atoms with E-state index in [9.17, 15) is 4.79 Å². The Kier molecular flexibility index (Phi) is 6.81. The van der Waals surface area contributed by atoms with Gasteiger partial charge in [-0.05, 0) is 69.2 Å². The van der Waals surface area contributed by atoms with Gasteiger partial charge in [-0.25, -0.2) is 9.79 Å². The summed E-state index contributed by atoms with van der Waals surface area (Å²) in [6, 6.07) is 15.1. The molecule has 1 aromatic heterocycles. The fraction of sp³-hybridized carbons (Fsp3) is 0.292. The highest BCUT2D eigenvalue weighted by Gasteiger charge is 2.32. The van der Waals surface area contributed by atoms with Crippen LogP contribution >= 0.6 is 11.6 Å². The van der Waals surface area contributed by atoms with E-state index < -0.39 is 11.6 Å². The van der Waals surface area contributed by atoms with Crippen molar-refractivity contribution in [3.63, 3.8) is 0 Å². The van der Waals surface area contributed by atoms with Gasteiger partial charge < -0.3 is 9.47 Å². The van der Waals surface area contributed by atoms with E-state index in [4.69, 9.17) is 21.1 Å². The lowest BCUT2D eigenvalue weighted by atomic mass is 10.1. The first-order valence-corrected chi connectivity index (χ1v) is 10.4. The molecule has 0 atom stereocenters. The molecule has 7 heteroatoms. The van der Waals surface area contributed by atoms with Crippen molar-refractivity contribution in [2.24, 2.45) is 12.0 Å². The molecule has 0 amide bonds. The van der Waals surface area contributed by atoms with Crippen molar-refractivity contribution >= 4 is 29.6 Å². The molecule has 6 nitrogen and oxygen atoms in total. The van der Waals surface area contributed by atoms with Crippen molar-refractivity contribution in [2.45, 2.75) is 33.3 Å². The lowest BCUT2D eigenvalue weighted by molar-refractivity contribution is -0.158. The van der Waals surface area contributed by atoms with Gasteiger partial charge in [0, 0.05) is 29.9 Å². The fourth-order valence-corrected chi connectivity index (χ4v) is 3.10. The van der Waals surface area contributed by atoms with E-state index in [1.807, 2.05) is 62.5 Å².